The molecule has 0 bridgehead atoms. The molecule has 0 saturated heterocycles. The number of pyridine rings is 1. The Morgan fingerprint density at radius 2 is 1.38 bits per heavy atom. The number of nitrogens with zero attached hydrogens (tertiary/aromatic N) is 4. The van der Waals surface area contributed by atoms with Crippen molar-refractivity contribution in [3.63, 3.8) is 0 Å². The number of hydrogen-bond acceptors (Lipinski definition) is 3. The van der Waals surface area contributed by atoms with E-state index in [1.807, 2.05) is 12.3 Å². The quantitative estimate of drug-likeness (QED) is 0.156. The van der Waals surface area contributed by atoms with E-state index >= 15 is 0 Å². The van der Waals surface area contributed by atoms with Crippen LogP contribution in [0.2, 0.25) is 0 Å². The Hall–Kier alpha value is -4.99. The molecule has 2 aliphatic rings. The SMILES string of the molecule is Cc1cc(N2CC3CCCCC3c3ccc(Oc4[c-]c(-n5[c](=[Pt])n(-c6cc(C(C)(C)C)cc(C(C)(C)C)c6)c6ccccc65)ccc4)[c-]c32)ncc1-c1ccccc1. The second kappa shape index (κ2) is 15.0. The molecule has 0 radical (unpaired) electrons. The Morgan fingerprint density at radius 3 is 2.09 bits per heavy atom. The smallest absolute Gasteiger partial charge is 0.0622 e. The third-order valence-corrected chi connectivity index (χ3v) is 13.2. The first-order valence-electron chi connectivity index (χ1n) is 20.7. The summed E-state index contributed by atoms with van der Waals surface area (Å²) in [5.74, 6) is 3.43. The molecule has 2 atom stereocenters. The third-order valence-electron chi connectivity index (χ3n) is 12.2. The van der Waals surface area contributed by atoms with Crippen LogP contribution in [-0.2, 0) is 30.2 Å². The third kappa shape index (κ3) is 7.21. The summed E-state index contributed by atoms with van der Waals surface area (Å²) in [5, 5.41) is 0. The van der Waals surface area contributed by atoms with Crippen LogP contribution >= 0.6 is 0 Å². The van der Waals surface area contributed by atoms with E-state index in [-0.39, 0.29) is 10.8 Å². The van der Waals surface area contributed by atoms with Crippen molar-refractivity contribution in [1.82, 2.24) is 14.1 Å². The first-order valence-corrected chi connectivity index (χ1v) is 21.9. The Bertz CT molecular complexity index is 2680. The maximum atomic E-state index is 6.70. The zero-order valence-corrected chi connectivity index (χ0v) is 36.9. The average Bonchev–Trinajstić information content (AvgIpc) is 3.51. The molecule has 0 amide bonds. The van der Waals surface area contributed by atoms with Gasteiger partial charge in [0, 0.05) is 11.8 Å². The molecule has 3 heterocycles. The van der Waals surface area contributed by atoms with Gasteiger partial charge in [0.15, 0.2) is 0 Å². The molecule has 9 rings (SSSR count). The number of ether oxygens (including phenoxy) is 1. The number of para-hydroxylation sites is 2. The first-order chi connectivity index (χ1) is 27.8. The van der Waals surface area contributed by atoms with Gasteiger partial charge in [-0.3, -0.25) is 0 Å². The Kier molecular flexibility index (Phi) is 9.96. The summed E-state index contributed by atoms with van der Waals surface area (Å²) in [6.07, 6.45) is 7.06. The van der Waals surface area contributed by atoms with Crippen LogP contribution < -0.4 is 9.64 Å². The Balaban J connectivity index is 1.09. The predicted octanol–water partition coefficient (Wildman–Crippen LogP) is 13.3. The summed E-state index contributed by atoms with van der Waals surface area (Å²) in [5.41, 5.74) is 13.0. The molecule has 1 aliphatic heterocycles. The van der Waals surface area contributed by atoms with Crippen LogP contribution in [0.4, 0.5) is 11.5 Å². The van der Waals surface area contributed by atoms with Crippen molar-refractivity contribution in [3.05, 3.63) is 154 Å². The number of anilines is 2. The van der Waals surface area contributed by atoms with E-state index in [9.17, 15) is 0 Å². The average molecular weight is 944 g/mol. The zero-order valence-electron chi connectivity index (χ0n) is 34.7. The van der Waals surface area contributed by atoms with E-state index in [2.05, 4.69) is 197 Å². The van der Waals surface area contributed by atoms with Crippen LogP contribution in [-0.4, -0.2) is 20.7 Å². The first kappa shape index (κ1) is 38.5. The summed E-state index contributed by atoms with van der Waals surface area (Å²) in [6.45, 7) is 16.9. The van der Waals surface area contributed by atoms with E-state index in [1.54, 1.807) is 0 Å². The Morgan fingerprint density at radius 1 is 0.707 bits per heavy atom. The van der Waals surface area contributed by atoms with Crippen molar-refractivity contribution >= 4 is 22.5 Å². The summed E-state index contributed by atoms with van der Waals surface area (Å²) in [4.78, 5) is 7.47. The van der Waals surface area contributed by atoms with Crippen molar-refractivity contribution in [2.24, 2.45) is 5.92 Å². The molecule has 2 aromatic heterocycles. The fraction of sp³-hybridized carbons (Fsp3) is 0.308. The number of imidazole rings is 1. The van der Waals surface area contributed by atoms with E-state index in [4.69, 9.17) is 9.72 Å². The van der Waals surface area contributed by atoms with Gasteiger partial charge in [0.05, 0.1) is 0 Å². The normalized spacial score (nSPS) is 16.9. The number of fused-ring (bicyclic) bond motifs is 4. The van der Waals surface area contributed by atoms with Gasteiger partial charge in [-0.2, -0.15) is 0 Å². The maximum absolute atomic E-state index is 6.70. The zero-order chi connectivity index (χ0) is 40.3. The van der Waals surface area contributed by atoms with Crippen molar-refractivity contribution in [2.75, 3.05) is 11.4 Å². The van der Waals surface area contributed by atoms with Crippen molar-refractivity contribution in [3.8, 4) is 34.0 Å². The van der Waals surface area contributed by atoms with Crippen LogP contribution in [0.15, 0.2) is 115 Å². The van der Waals surface area contributed by atoms with Crippen LogP contribution in [0.5, 0.6) is 11.5 Å². The number of benzene rings is 5. The monoisotopic (exact) mass is 943 g/mol. The molecular formula is C52H52N4OPt-2. The molecule has 1 fully saturated rings. The molecule has 0 spiro atoms. The minimum Gasteiger partial charge on any atom is -0.0622 e. The molecule has 1 saturated carbocycles. The van der Waals surface area contributed by atoms with Crippen LogP contribution in [0, 0.1) is 28.8 Å². The summed E-state index contributed by atoms with van der Waals surface area (Å²) in [6, 6.07) is 46.5. The van der Waals surface area contributed by atoms with Crippen molar-refractivity contribution in [2.45, 2.75) is 90.9 Å². The van der Waals surface area contributed by atoms with Crippen LogP contribution in [0.25, 0.3) is 33.5 Å². The van der Waals surface area contributed by atoms with Gasteiger partial charge >= 0.3 is 277 Å². The molecule has 7 aromatic rings. The fourth-order valence-electron chi connectivity index (χ4n) is 8.97. The van der Waals surface area contributed by atoms with Gasteiger partial charge < -0.3 is 0 Å². The van der Waals surface area contributed by atoms with Crippen molar-refractivity contribution in [1.29, 1.82) is 0 Å². The van der Waals surface area contributed by atoms with Gasteiger partial charge in [-0.05, 0) is 24.5 Å². The molecule has 58 heavy (non-hydrogen) atoms. The fourth-order valence-corrected chi connectivity index (χ4v) is 10.1. The number of hydrogen-bond donors (Lipinski definition) is 0. The molecular weight excluding hydrogens is 892 g/mol. The Labute approximate surface area is 354 Å². The second-order valence-corrected chi connectivity index (χ2v) is 19.3. The van der Waals surface area contributed by atoms with Gasteiger partial charge in [-0.15, -0.1) is 0 Å². The summed E-state index contributed by atoms with van der Waals surface area (Å²) < 4.78 is 12.4. The van der Waals surface area contributed by atoms with Crippen LogP contribution in [0.3, 0.4) is 0 Å². The van der Waals surface area contributed by atoms with Gasteiger partial charge in [0.2, 0.25) is 0 Å². The molecule has 298 valence electrons. The standard InChI is InChI=1S/C52H52N4O.Pt/c1-35-26-50(53-32-46(35)36-16-9-8-10-17-36)54-33-37-18-11-12-21-44(37)45-25-24-43(31-49(45)54)57-42-20-15-19-40(30-42)55-34-56(48-23-14-13-22-47(48)55)41-28-38(51(2,3)4)27-39(29-41)52(5,6)7;/h8-10,13-17,19-20,22-29,32,37,44H,11-12,18,21,33H2,1-7H3;/q-2;. The molecule has 1 aliphatic carbocycles. The van der Waals surface area contributed by atoms with Gasteiger partial charge in [-0.25, -0.2) is 0 Å². The molecule has 0 N–H and O–H groups in total. The summed E-state index contributed by atoms with van der Waals surface area (Å²) in [7, 11) is 0. The number of rotatable bonds is 6. The van der Waals surface area contributed by atoms with Gasteiger partial charge in [-0.1, -0.05) is 43.2 Å². The summed E-state index contributed by atoms with van der Waals surface area (Å²) >= 11 is 2.48. The molecule has 6 heteroatoms. The van der Waals surface area contributed by atoms with Gasteiger partial charge in [0.25, 0.3) is 0 Å². The van der Waals surface area contributed by atoms with Gasteiger partial charge in [0.1, 0.15) is 0 Å². The number of aromatic nitrogens is 3. The minimum atomic E-state index is 0.00526. The second-order valence-electron chi connectivity index (χ2n) is 18.3. The van der Waals surface area contributed by atoms with E-state index in [1.165, 1.54) is 53.5 Å². The molecule has 2 unspecified atom stereocenters. The number of aryl methyl sites for hydroxylation is 1. The minimum absolute atomic E-state index is 0.00526. The van der Waals surface area contributed by atoms with E-state index in [0.717, 1.165) is 49.8 Å². The van der Waals surface area contributed by atoms with E-state index in [0.29, 0.717) is 23.3 Å². The molecule has 5 nitrogen and oxygen atoms in total. The van der Waals surface area contributed by atoms with E-state index < -0.39 is 0 Å². The predicted molar refractivity (Wildman–Crippen MR) is 234 cm³/mol. The molecule has 5 aromatic carbocycles. The van der Waals surface area contributed by atoms with Crippen molar-refractivity contribution < 1.29 is 24.1 Å². The van der Waals surface area contributed by atoms with Crippen LogP contribution in [0.1, 0.15) is 95.4 Å². The topological polar surface area (TPSA) is 35.2 Å².